The monoisotopic (exact) mass is 513 g/mol. The summed E-state index contributed by atoms with van der Waals surface area (Å²) in [6.07, 6.45) is 1.66. The molecule has 0 amide bonds. The Labute approximate surface area is 210 Å². The second-order valence-corrected chi connectivity index (χ2v) is 10.8. The van der Waals surface area contributed by atoms with E-state index in [2.05, 4.69) is 23.9 Å². The molecule has 2 aromatic rings. The molecule has 0 spiro atoms. The molecule has 1 aliphatic heterocycles. The first kappa shape index (κ1) is 26.0. The molecule has 0 N–H and O–H groups in total. The lowest BCUT2D eigenvalue weighted by Gasteiger charge is -2.26. The molecule has 6 nitrogen and oxygen atoms in total. The predicted molar refractivity (Wildman–Crippen MR) is 134 cm³/mol. The number of aryl methyl sites for hydroxylation is 1. The average molecular weight is 515 g/mol. The molecule has 3 rings (SSSR count). The van der Waals surface area contributed by atoms with Gasteiger partial charge in [-0.1, -0.05) is 46.9 Å². The molecule has 9 heteroatoms. The van der Waals surface area contributed by atoms with Crippen molar-refractivity contribution in [3.8, 4) is 0 Å². The van der Waals surface area contributed by atoms with E-state index in [-0.39, 0.29) is 10.6 Å². The highest BCUT2D eigenvalue weighted by molar-refractivity contribution is 6.34. The van der Waals surface area contributed by atoms with Gasteiger partial charge in [-0.05, 0) is 71.1 Å². The van der Waals surface area contributed by atoms with Gasteiger partial charge in [-0.25, -0.2) is 4.79 Å². The van der Waals surface area contributed by atoms with Crippen molar-refractivity contribution in [2.24, 2.45) is 0 Å². The Kier molecular flexibility index (Phi) is 8.51. The topological polar surface area (TPSA) is 54.8 Å². The van der Waals surface area contributed by atoms with Gasteiger partial charge in [0.1, 0.15) is 5.02 Å². The van der Waals surface area contributed by atoms with Crippen molar-refractivity contribution in [3.63, 3.8) is 0 Å². The highest BCUT2D eigenvalue weighted by Crippen LogP contribution is 2.23. The van der Waals surface area contributed by atoms with E-state index < -0.39 is 11.0 Å². The minimum absolute atomic E-state index is 0.105. The van der Waals surface area contributed by atoms with Crippen LogP contribution in [0.25, 0.3) is 0 Å². The number of likely N-dealkylation sites (tertiary alicyclic amines) is 1. The van der Waals surface area contributed by atoms with Crippen molar-refractivity contribution in [2.75, 3.05) is 27.2 Å². The number of rotatable bonds is 8. The number of benzene rings is 1. The zero-order valence-electron chi connectivity index (χ0n) is 19.4. The predicted octanol–water partition coefficient (Wildman–Crippen LogP) is 4.67. The summed E-state index contributed by atoms with van der Waals surface area (Å²) in [5.41, 5.74) is 1.89. The van der Waals surface area contributed by atoms with Crippen molar-refractivity contribution >= 4 is 40.8 Å². The second-order valence-electron chi connectivity index (χ2n) is 9.06. The van der Waals surface area contributed by atoms with Crippen LogP contribution in [0.2, 0.25) is 10.0 Å². The maximum Gasteiger partial charge on any atom is 0.339 e. The molecular formula is C24H30Cl3N3O3. The summed E-state index contributed by atoms with van der Waals surface area (Å²) in [4.78, 5) is 29.6. The minimum atomic E-state index is -1.07. The summed E-state index contributed by atoms with van der Waals surface area (Å²) in [5.74, 6) is -0.484. The summed E-state index contributed by atoms with van der Waals surface area (Å²) in [5, 5.41) is -0.478. The smallest absolute Gasteiger partial charge is 0.339 e. The highest BCUT2D eigenvalue weighted by atomic mass is 35.5. The first-order chi connectivity index (χ1) is 15.4. The lowest BCUT2D eigenvalue weighted by molar-refractivity contribution is 0.0276. The van der Waals surface area contributed by atoms with E-state index >= 15 is 0 Å². The van der Waals surface area contributed by atoms with Crippen molar-refractivity contribution in [1.29, 1.82) is 0 Å². The van der Waals surface area contributed by atoms with E-state index in [1.807, 2.05) is 12.1 Å². The van der Waals surface area contributed by atoms with Crippen molar-refractivity contribution < 1.29 is 9.53 Å². The van der Waals surface area contributed by atoms with Gasteiger partial charge in [-0.15, -0.1) is 0 Å². The van der Waals surface area contributed by atoms with Crippen LogP contribution < -0.4 is 5.56 Å². The van der Waals surface area contributed by atoms with E-state index in [1.165, 1.54) is 6.07 Å². The molecule has 0 bridgehead atoms. The van der Waals surface area contributed by atoms with Gasteiger partial charge in [0, 0.05) is 25.7 Å². The van der Waals surface area contributed by atoms with E-state index in [0.29, 0.717) is 36.1 Å². The van der Waals surface area contributed by atoms with Crippen LogP contribution in [-0.4, -0.2) is 58.6 Å². The molecule has 1 fully saturated rings. The summed E-state index contributed by atoms with van der Waals surface area (Å²) in [6.45, 7) is 6.24. The van der Waals surface area contributed by atoms with Crippen LogP contribution in [0.3, 0.4) is 0 Å². The molecule has 0 saturated carbocycles. The zero-order valence-corrected chi connectivity index (χ0v) is 21.7. The maximum absolute atomic E-state index is 12.9. The highest BCUT2D eigenvalue weighted by Gasteiger charge is 2.25. The number of likely N-dealkylation sites (N-methyl/N-ethyl adjacent to an activating group) is 2. The Morgan fingerprint density at radius 1 is 1.21 bits per heavy atom. The maximum atomic E-state index is 12.9. The fourth-order valence-corrected chi connectivity index (χ4v) is 4.61. The molecule has 1 atom stereocenters. The van der Waals surface area contributed by atoms with Gasteiger partial charge in [-0.3, -0.25) is 9.69 Å². The molecular weight excluding hydrogens is 485 g/mol. The Morgan fingerprint density at radius 2 is 1.88 bits per heavy atom. The van der Waals surface area contributed by atoms with Crippen LogP contribution >= 0.6 is 34.8 Å². The van der Waals surface area contributed by atoms with E-state index in [1.54, 1.807) is 30.5 Å². The fourth-order valence-electron chi connectivity index (χ4n) is 4.00. The number of esters is 1. The third-order valence-corrected chi connectivity index (χ3v) is 6.52. The van der Waals surface area contributed by atoms with Crippen LogP contribution in [0, 0.1) is 0 Å². The van der Waals surface area contributed by atoms with Gasteiger partial charge in [0.05, 0.1) is 16.3 Å². The molecule has 1 aromatic carbocycles. The van der Waals surface area contributed by atoms with Crippen LogP contribution in [-0.2, 0) is 24.2 Å². The number of carbonyl (C=O) groups is 1. The number of nitrogens with zero attached hydrogens (tertiary/aromatic N) is 3. The Bertz CT molecular complexity index is 1050. The van der Waals surface area contributed by atoms with Gasteiger partial charge in [0.2, 0.25) is 0 Å². The fraction of sp³-hybridized carbons (Fsp3) is 0.500. The molecule has 1 aromatic heterocycles. The number of hydrogen-bond donors (Lipinski definition) is 0. The quantitative estimate of drug-likeness (QED) is 0.379. The number of pyridine rings is 1. The van der Waals surface area contributed by atoms with Crippen molar-refractivity contribution in [2.45, 2.75) is 50.9 Å². The largest absolute Gasteiger partial charge is 0.440 e. The molecule has 33 heavy (non-hydrogen) atoms. The third-order valence-electron chi connectivity index (χ3n) is 5.84. The normalized spacial score (nSPS) is 17.0. The molecule has 0 aliphatic carbocycles. The van der Waals surface area contributed by atoms with E-state index in [0.717, 1.165) is 30.8 Å². The van der Waals surface area contributed by atoms with Crippen LogP contribution in [0.5, 0.6) is 0 Å². The number of carbonyl (C=O) groups excluding carboxylic acids is 1. The van der Waals surface area contributed by atoms with Crippen LogP contribution in [0.4, 0.5) is 0 Å². The van der Waals surface area contributed by atoms with E-state index in [9.17, 15) is 9.59 Å². The number of alkyl halides is 1. The van der Waals surface area contributed by atoms with Crippen LogP contribution in [0.15, 0.2) is 35.1 Å². The minimum Gasteiger partial charge on any atom is -0.440 e. The number of halogens is 3. The standard InChI is InChI=1S/C24H30Cl3N3O3/c1-24(2,27)33-23(32)17-7-5-16(6-8-17)9-12-30-21(19(25)13-20(26)22(30)31)15-29(4)18-10-11-28(3)14-18/h5-8,13,18H,9-12,14-15H2,1-4H3. The van der Waals surface area contributed by atoms with E-state index in [4.69, 9.17) is 39.5 Å². The Morgan fingerprint density at radius 3 is 2.45 bits per heavy atom. The molecule has 0 radical (unpaired) electrons. The number of aromatic nitrogens is 1. The lowest BCUT2D eigenvalue weighted by Crippen LogP contribution is -2.36. The molecule has 1 saturated heterocycles. The first-order valence-corrected chi connectivity index (χ1v) is 12.1. The summed E-state index contributed by atoms with van der Waals surface area (Å²) in [7, 11) is 4.17. The van der Waals surface area contributed by atoms with Gasteiger partial charge in [0.15, 0.2) is 5.06 Å². The molecule has 1 aliphatic rings. The zero-order chi connectivity index (χ0) is 24.3. The molecule has 180 valence electrons. The Balaban J connectivity index is 1.75. The lowest BCUT2D eigenvalue weighted by atomic mass is 10.1. The average Bonchev–Trinajstić information content (AvgIpc) is 3.17. The van der Waals surface area contributed by atoms with Gasteiger partial charge in [0.25, 0.3) is 5.56 Å². The van der Waals surface area contributed by atoms with Gasteiger partial charge < -0.3 is 14.2 Å². The summed E-state index contributed by atoms with van der Waals surface area (Å²) in [6, 6.07) is 9.02. The summed E-state index contributed by atoms with van der Waals surface area (Å²) >= 11 is 18.7. The first-order valence-electron chi connectivity index (χ1n) is 10.9. The summed E-state index contributed by atoms with van der Waals surface area (Å²) < 4.78 is 6.85. The Hall–Kier alpha value is -1.57. The number of hydrogen-bond acceptors (Lipinski definition) is 5. The van der Waals surface area contributed by atoms with Crippen molar-refractivity contribution in [1.82, 2.24) is 14.4 Å². The molecule has 2 heterocycles. The second kappa shape index (κ2) is 10.8. The molecule has 1 unspecified atom stereocenters. The van der Waals surface area contributed by atoms with Gasteiger partial charge in [-0.2, -0.15) is 0 Å². The van der Waals surface area contributed by atoms with Crippen molar-refractivity contribution in [3.05, 3.63) is 67.6 Å². The third kappa shape index (κ3) is 6.96. The van der Waals surface area contributed by atoms with Gasteiger partial charge >= 0.3 is 5.97 Å². The number of ether oxygens (including phenoxy) is 1. The van der Waals surface area contributed by atoms with Crippen LogP contribution in [0.1, 0.15) is 41.9 Å². The SMILES string of the molecule is CN1CCC(N(C)Cc2c(Cl)cc(Cl)c(=O)n2CCc2ccc(C(=O)OC(C)(C)Cl)cc2)C1.